The number of alkyl halides is 1. The first-order chi connectivity index (χ1) is 8.85. The van der Waals surface area contributed by atoms with E-state index in [1.807, 2.05) is 20.8 Å². The average molecular weight is 382 g/mol. The number of rotatable bonds is 4. The number of carbonyl (C=O) groups excluding carboxylic acids is 2. The normalized spacial score (nSPS) is 35.7. The van der Waals surface area contributed by atoms with Gasteiger partial charge < -0.3 is 0 Å². The fourth-order valence-corrected chi connectivity index (χ4v) is 8.05. The Bertz CT molecular complexity index is 451. The van der Waals surface area contributed by atoms with Gasteiger partial charge in [-0.2, -0.15) is 0 Å². The number of halogens is 1. The third kappa shape index (κ3) is 1.97. The van der Waals surface area contributed by atoms with Gasteiger partial charge in [-0.15, -0.1) is 0 Å². The first kappa shape index (κ1) is 13.6. The van der Waals surface area contributed by atoms with Crippen LogP contribution in [0.25, 0.3) is 0 Å². The maximum absolute atomic E-state index is 12.6. The van der Waals surface area contributed by atoms with Crippen molar-refractivity contribution in [1.82, 2.24) is 7.06 Å². The summed E-state index contributed by atoms with van der Waals surface area (Å²) in [5, 5.41) is 0. The van der Waals surface area contributed by atoms with Gasteiger partial charge in [-0.05, 0) is 0 Å². The van der Waals surface area contributed by atoms with Crippen LogP contribution in [0.15, 0.2) is 0 Å². The fraction of sp³-hybridized carbons (Fsp3) is 0.833. The predicted molar refractivity (Wildman–Crippen MR) is 76.1 cm³/mol. The summed E-state index contributed by atoms with van der Waals surface area (Å²) < 4.78 is 17.3. The molecule has 2 atom stereocenters. The summed E-state index contributed by atoms with van der Waals surface area (Å²) >= 11 is -1.21. The molecule has 3 fully saturated rings. The molecule has 3 rings (SSSR count). The molecular formula is C12H19IN2O4. The molecule has 0 aliphatic carbocycles. The van der Waals surface area contributed by atoms with Gasteiger partial charge in [-0.3, -0.25) is 0 Å². The van der Waals surface area contributed by atoms with Crippen molar-refractivity contribution in [3.8, 4) is 0 Å². The van der Waals surface area contributed by atoms with Gasteiger partial charge in [0.05, 0.1) is 0 Å². The molecule has 3 heterocycles. The zero-order valence-corrected chi connectivity index (χ0v) is 13.5. The number of hydrogen-bond acceptors (Lipinski definition) is 6. The number of esters is 2. The van der Waals surface area contributed by atoms with Gasteiger partial charge in [0, 0.05) is 0 Å². The molecule has 7 heteroatoms. The number of cyclic esters (lactones) is 1. The Morgan fingerprint density at radius 1 is 1.58 bits per heavy atom. The summed E-state index contributed by atoms with van der Waals surface area (Å²) in [6.45, 7) is 6.09. The van der Waals surface area contributed by atoms with Crippen molar-refractivity contribution in [2.45, 2.75) is 49.3 Å². The molecule has 0 aromatic carbocycles. The van der Waals surface area contributed by atoms with Gasteiger partial charge >= 0.3 is 120 Å². The Balaban J connectivity index is 1.72. The third-order valence-electron chi connectivity index (χ3n) is 4.33. The topological polar surface area (TPSA) is 96.5 Å². The summed E-state index contributed by atoms with van der Waals surface area (Å²) in [6.07, 6.45) is 1.44. The molecule has 2 unspecified atom stereocenters. The number of carbonyl (C=O) groups is 2. The monoisotopic (exact) mass is 382 g/mol. The van der Waals surface area contributed by atoms with Crippen LogP contribution in [0.5, 0.6) is 0 Å². The van der Waals surface area contributed by atoms with Crippen LogP contribution in [0.2, 0.25) is 0 Å². The van der Waals surface area contributed by atoms with Crippen molar-refractivity contribution in [3.63, 3.8) is 0 Å². The van der Waals surface area contributed by atoms with E-state index in [0.29, 0.717) is 13.0 Å². The second kappa shape index (κ2) is 4.05. The van der Waals surface area contributed by atoms with E-state index in [2.05, 4.69) is 7.06 Å². The van der Waals surface area contributed by atoms with E-state index in [4.69, 9.17) is 9.47 Å². The second-order valence-electron chi connectivity index (χ2n) is 5.80. The van der Waals surface area contributed by atoms with Crippen LogP contribution in [0.1, 0.15) is 40.0 Å². The van der Waals surface area contributed by atoms with E-state index in [1.54, 1.807) is 0 Å². The van der Waals surface area contributed by atoms with Gasteiger partial charge in [-0.25, -0.2) is 0 Å². The minimum absolute atomic E-state index is 0.117. The van der Waals surface area contributed by atoms with Crippen LogP contribution in [-0.2, 0) is 19.1 Å². The summed E-state index contributed by atoms with van der Waals surface area (Å²) in [4.78, 5) is 23.9. The zero-order chi connectivity index (χ0) is 13.9. The fourth-order valence-electron chi connectivity index (χ4n) is 2.42. The molecule has 0 aromatic heterocycles. The van der Waals surface area contributed by atoms with E-state index in [1.165, 1.54) is 0 Å². The summed E-state index contributed by atoms with van der Waals surface area (Å²) in [5.41, 5.74) is -1.25. The summed E-state index contributed by atoms with van der Waals surface area (Å²) in [5.74, 6) is -0.495. The molecule has 19 heavy (non-hydrogen) atoms. The van der Waals surface area contributed by atoms with E-state index in [9.17, 15) is 9.59 Å². The Morgan fingerprint density at radius 2 is 2.21 bits per heavy atom. The Labute approximate surface area is 120 Å². The SMILES string of the molecule is CCC(C)(C(=O)OC1(C)CCOC(=O)C1)C12NI1N2. The van der Waals surface area contributed by atoms with Crippen LogP contribution in [0.4, 0.5) is 0 Å². The molecule has 0 spiro atoms. The van der Waals surface area contributed by atoms with E-state index >= 15 is 0 Å². The van der Waals surface area contributed by atoms with Crippen LogP contribution >= 0.6 is 20.4 Å². The number of hydrogen-bond donors (Lipinski definition) is 2. The molecular weight excluding hydrogens is 363 g/mol. The standard InChI is InChI=1S/C12H19IN2O4/c1-4-11(3,12-13(14-12)15-12)9(17)19-10(2)5-6-18-8(16)7-10/h14-15H,4-7H2,1-3H3. The van der Waals surface area contributed by atoms with Gasteiger partial charge in [0.25, 0.3) is 0 Å². The molecule has 0 radical (unpaired) electrons. The molecule has 3 saturated heterocycles. The first-order valence-electron chi connectivity index (χ1n) is 6.50. The van der Waals surface area contributed by atoms with Crippen LogP contribution in [-0.4, -0.2) is 27.8 Å². The molecule has 0 saturated carbocycles. The van der Waals surface area contributed by atoms with Crippen molar-refractivity contribution < 1.29 is 19.1 Å². The van der Waals surface area contributed by atoms with E-state index < -0.39 is 31.4 Å². The van der Waals surface area contributed by atoms with Gasteiger partial charge in [0.15, 0.2) is 0 Å². The number of nitrogens with one attached hydrogen (secondary N) is 2. The van der Waals surface area contributed by atoms with Gasteiger partial charge in [0.1, 0.15) is 0 Å². The van der Waals surface area contributed by atoms with Crippen molar-refractivity contribution in [3.05, 3.63) is 0 Å². The van der Waals surface area contributed by atoms with Gasteiger partial charge in [0.2, 0.25) is 0 Å². The van der Waals surface area contributed by atoms with Gasteiger partial charge in [-0.1, -0.05) is 0 Å². The third-order valence-corrected chi connectivity index (χ3v) is 9.30. The van der Waals surface area contributed by atoms with Crippen LogP contribution in [0, 0.1) is 5.41 Å². The quantitative estimate of drug-likeness (QED) is 0.190. The van der Waals surface area contributed by atoms with Crippen LogP contribution < -0.4 is 7.06 Å². The Morgan fingerprint density at radius 3 is 2.68 bits per heavy atom. The molecule has 3 aliphatic heterocycles. The predicted octanol–water partition coefficient (Wildman–Crippen LogP) is 1.24. The van der Waals surface area contributed by atoms with Crippen molar-refractivity contribution in [2.75, 3.05) is 6.61 Å². The van der Waals surface area contributed by atoms with Crippen molar-refractivity contribution >= 4 is 32.3 Å². The summed E-state index contributed by atoms with van der Waals surface area (Å²) in [7, 11) is 0. The average Bonchev–Trinajstić information content (AvgIpc) is 3.15. The zero-order valence-electron chi connectivity index (χ0n) is 11.3. The minimum atomic E-state index is -1.21. The van der Waals surface area contributed by atoms with Crippen molar-refractivity contribution in [2.24, 2.45) is 5.41 Å². The molecule has 2 N–H and O–H groups in total. The van der Waals surface area contributed by atoms with Crippen LogP contribution in [0.3, 0.4) is 0 Å². The maximum atomic E-state index is 12.6. The molecule has 0 amide bonds. The number of ether oxygens (including phenoxy) is 2. The van der Waals surface area contributed by atoms with Crippen molar-refractivity contribution in [1.29, 1.82) is 0 Å². The van der Waals surface area contributed by atoms with E-state index in [0.717, 1.165) is 6.42 Å². The Kier molecular flexibility index (Phi) is 2.89. The molecule has 108 valence electrons. The molecule has 0 aromatic rings. The summed E-state index contributed by atoms with van der Waals surface area (Å²) in [6, 6.07) is 0. The second-order valence-corrected chi connectivity index (χ2v) is 10.1. The first-order valence-corrected chi connectivity index (χ1v) is 9.73. The van der Waals surface area contributed by atoms with E-state index in [-0.39, 0.29) is 22.0 Å². The molecule has 0 bridgehead atoms. The molecule has 3 aliphatic rings. The number of fused-ring (bicyclic) bond motifs is 1. The molecule has 6 nitrogen and oxygen atoms in total. The Hall–Kier alpha value is -0.410.